The average Bonchev–Trinajstić information content (AvgIpc) is 2.38. The van der Waals surface area contributed by atoms with Crippen LogP contribution in [0, 0.1) is 0 Å². The molecule has 0 aromatic carbocycles. The molecular formula is C14H29NO4. The summed E-state index contributed by atoms with van der Waals surface area (Å²) in [6, 6.07) is 0. The van der Waals surface area contributed by atoms with Gasteiger partial charge in [0.2, 0.25) is 0 Å². The van der Waals surface area contributed by atoms with Gasteiger partial charge in [0, 0.05) is 6.61 Å². The van der Waals surface area contributed by atoms with Crippen LogP contribution < -0.4 is 5.32 Å². The van der Waals surface area contributed by atoms with Gasteiger partial charge in [-0.1, -0.05) is 20.3 Å². The molecule has 1 unspecified atom stereocenters. The molecule has 1 atom stereocenters. The van der Waals surface area contributed by atoms with Gasteiger partial charge in [0.25, 0.3) is 0 Å². The van der Waals surface area contributed by atoms with E-state index in [1.807, 2.05) is 6.92 Å². The first kappa shape index (κ1) is 18.4. The zero-order chi connectivity index (χ0) is 14.6. The van der Waals surface area contributed by atoms with Crippen molar-refractivity contribution in [2.45, 2.75) is 46.1 Å². The summed E-state index contributed by atoms with van der Waals surface area (Å²) in [6.07, 6.45) is 2.19. The number of hydrogen-bond donors (Lipinski definition) is 1. The Bertz CT molecular complexity index is 235. The molecule has 0 bridgehead atoms. The molecule has 0 fully saturated rings. The lowest BCUT2D eigenvalue weighted by Crippen LogP contribution is -2.54. The lowest BCUT2D eigenvalue weighted by molar-refractivity contribution is -0.153. The van der Waals surface area contributed by atoms with Gasteiger partial charge in [-0.2, -0.15) is 0 Å². The van der Waals surface area contributed by atoms with Gasteiger partial charge in [-0.3, -0.25) is 0 Å². The van der Waals surface area contributed by atoms with Gasteiger partial charge in [0.05, 0.1) is 26.4 Å². The number of hydrogen-bond acceptors (Lipinski definition) is 5. The topological polar surface area (TPSA) is 56.8 Å². The molecule has 0 aliphatic heterocycles. The molecule has 5 heteroatoms. The quantitative estimate of drug-likeness (QED) is 0.434. The van der Waals surface area contributed by atoms with Crippen molar-refractivity contribution < 1.29 is 19.0 Å². The fourth-order valence-electron chi connectivity index (χ4n) is 1.61. The smallest absolute Gasteiger partial charge is 0.328 e. The maximum Gasteiger partial charge on any atom is 0.328 e. The molecule has 0 aromatic rings. The molecule has 0 saturated heterocycles. The van der Waals surface area contributed by atoms with Crippen molar-refractivity contribution in [3.63, 3.8) is 0 Å². The van der Waals surface area contributed by atoms with Gasteiger partial charge >= 0.3 is 5.97 Å². The Morgan fingerprint density at radius 1 is 1.11 bits per heavy atom. The third kappa shape index (κ3) is 8.18. The minimum atomic E-state index is -0.784. The van der Waals surface area contributed by atoms with Gasteiger partial charge in [0.15, 0.2) is 0 Å². The molecule has 0 spiro atoms. The number of ether oxygens (including phenoxy) is 3. The van der Waals surface area contributed by atoms with Crippen molar-refractivity contribution in [3.8, 4) is 0 Å². The largest absolute Gasteiger partial charge is 0.465 e. The standard InChI is InChI=1S/C14H29NO4/c1-5-8-9-17-10-11-18-12-14(4,15-6-2)13(16)19-7-3/h15H,5-12H2,1-4H3. The van der Waals surface area contributed by atoms with Gasteiger partial charge in [-0.25, -0.2) is 4.79 Å². The summed E-state index contributed by atoms with van der Waals surface area (Å²) in [6.45, 7) is 10.8. The molecule has 114 valence electrons. The van der Waals surface area contributed by atoms with Crippen LogP contribution >= 0.6 is 0 Å². The van der Waals surface area contributed by atoms with Crippen molar-refractivity contribution in [3.05, 3.63) is 0 Å². The van der Waals surface area contributed by atoms with E-state index < -0.39 is 5.54 Å². The number of esters is 1. The molecule has 0 aliphatic carbocycles. The summed E-state index contributed by atoms with van der Waals surface area (Å²) in [5.41, 5.74) is -0.784. The molecule has 0 radical (unpaired) electrons. The van der Waals surface area contributed by atoms with Crippen molar-refractivity contribution in [1.82, 2.24) is 5.32 Å². The Kier molecular flexibility index (Phi) is 10.8. The van der Waals surface area contributed by atoms with Crippen LogP contribution in [-0.4, -0.2) is 51.1 Å². The van der Waals surface area contributed by atoms with Crippen LogP contribution in [0.2, 0.25) is 0 Å². The summed E-state index contributed by atoms with van der Waals surface area (Å²) in [5.74, 6) is -0.274. The van der Waals surface area contributed by atoms with Gasteiger partial charge in [0.1, 0.15) is 5.54 Å². The number of nitrogens with one attached hydrogen (secondary N) is 1. The Hall–Kier alpha value is -0.650. The van der Waals surface area contributed by atoms with E-state index in [0.29, 0.717) is 26.4 Å². The van der Waals surface area contributed by atoms with E-state index in [0.717, 1.165) is 19.4 Å². The van der Waals surface area contributed by atoms with Crippen molar-refractivity contribution in [2.24, 2.45) is 0 Å². The molecule has 0 aliphatic rings. The van der Waals surface area contributed by atoms with E-state index in [1.54, 1.807) is 13.8 Å². The fraction of sp³-hybridized carbons (Fsp3) is 0.929. The Labute approximate surface area is 117 Å². The molecule has 0 aromatic heterocycles. The Balaban J connectivity index is 3.90. The van der Waals surface area contributed by atoms with E-state index >= 15 is 0 Å². The monoisotopic (exact) mass is 275 g/mol. The average molecular weight is 275 g/mol. The van der Waals surface area contributed by atoms with Crippen LogP contribution in [0.1, 0.15) is 40.5 Å². The van der Waals surface area contributed by atoms with E-state index in [4.69, 9.17) is 14.2 Å². The third-order valence-electron chi connectivity index (χ3n) is 2.70. The van der Waals surface area contributed by atoms with E-state index in [1.165, 1.54) is 0 Å². The maximum absolute atomic E-state index is 11.9. The second-order valence-corrected chi connectivity index (χ2v) is 4.60. The zero-order valence-electron chi connectivity index (χ0n) is 12.8. The second kappa shape index (κ2) is 11.2. The Morgan fingerprint density at radius 2 is 1.79 bits per heavy atom. The van der Waals surface area contributed by atoms with Crippen LogP contribution in [-0.2, 0) is 19.0 Å². The number of likely N-dealkylation sites (N-methyl/N-ethyl adjacent to an activating group) is 1. The summed E-state index contributed by atoms with van der Waals surface area (Å²) < 4.78 is 16.0. The Morgan fingerprint density at radius 3 is 2.37 bits per heavy atom. The third-order valence-corrected chi connectivity index (χ3v) is 2.70. The van der Waals surface area contributed by atoms with Crippen LogP contribution in [0.15, 0.2) is 0 Å². The van der Waals surface area contributed by atoms with E-state index in [9.17, 15) is 4.79 Å². The number of rotatable bonds is 12. The highest BCUT2D eigenvalue weighted by Gasteiger charge is 2.34. The molecule has 0 heterocycles. The number of carbonyl (C=O) groups is 1. The van der Waals surface area contributed by atoms with Crippen LogP contribution in [0.5, 0.6) is 0 Å². The summed E-state index contributed by atoms with van der Waals surface area (Å²) in [5, 5.41) is 3.11. The van der Waals surface area contributed by atoms with E-state index in [-0.39, 0.29) is 12.6 Å². The van der Waals surface area contributed by atoms with E-state index in [2.05, 4.69) is 12.2 Å². The number of carbonyl (C=O) groups excluding carboxylic acids is 1. The lowest BCUT2D eigenvalue weighted by Gasteiger charge is -2.27. The van der Waals surface area contributed by atoms with Crippen molar-refractivity contribution >= 4 is 5.97 Å². The molecular weight excluding hydrogens is 246 g/mol. The van der Waals surface area contributed by atoms with Crippen LogP contribution in [0.3, 0.4) is 0 Å². The van der Waals surface area contributed by atoms with Crippen LogP contribution in [0.4, 0.5) is 0 Å². The minimum Gasteiger partial charge on any atom is -0.465 e. The summed E-state index contributed by atoms with van der Waals surface area (Å²) in [7, 11) is 0. The van der Waals surface area contributed by atoms with Crippen molar-refractivity contribution in [2.75, 3.05) is 39.6 Å². The minimum absolute atomic E-state index is 0.274. The molecule has 1 N–H and O–H groups in total. The highest BCUT2D eigenvalue weighted by Crippen LogP contribution is 2.07. The molecule has 0 rings (SSSR count). The van der Waals surface area contributed by atoms with Gasteiger partial charge in [-0.15, -0.1) is 0 Å². The van der Waals surface area contributed by atoms with Gasteiger partial charge in [-0.05, 0) is 26.8 Å². The normalized spacial score (nSPS) is 14.1. The lowest BCUT2D eigenvalue weighted by atomic mass is 10.0. The highest BCUT2D eigenvalue weighted by atomic mass is 16.5. The molecule has 0 amide bonds. The SMILES string of the molecule is CCCCOCCOCC(C)(NCC)C(=O)OCC. The fourth-order valence-corrected chi connectivity index (χ4v) is 1.61. The van der Waals surface area contributed by atoms with Crippen molar-refractivity contribution in [1.29, 1.82) is 0 Å². The zero-order valence-corrected chi connectivity index (χ0v) is 12.8. The predicted molar refractivity (Wildman–Crippen MR) is 75.3 cm³/mol. The maximum atomic E-state index is 11.9. The first-order valence-electron chi connectivity index (χ1n) is 7.18. The molecule has 5 nitrogen and oxygen atoms in total. The van der Waals surface area contributed by atoms with Crippen LogP contribution in [0.25, 0.3) is 0 Å². The first-order valence-corrected chi connectivity index (χ1v) is 7.18. The van der Waals surface area contributed by atoms with Gasteiger partial charge < -0.3 is 19.5 Å². The highest BCUT2D eigenvalue weighted by molar-refractivity contribution is 5.80. The first-order chi connectivity index (χ1) is 9.10. The predicted octanol–water partition coefficient (Wildman–Crippen LogP) is 1.75. The second-order valence-electron chi connectivity index (χ2n) is 4.60. The molecule has 0 saturated carbocycles. The molecule has 19 heavy (non-hydrogen) atoms. The number of unbranched alkanes of at least 4 members (excludes halogenated alkanes) is 1. The summed E-state index contributed by atoms with van der Waals surface area (Å²) >= 11 is 0. The summed E-state index contributed by atoms with van der Waals surface area (Å²) in [4.78, 5) is 11.9.